The Morgan fingerprint density at radius 2 is 0.512 bits per heavy atom. The third-order valence-electron chi connectivity index (χ3n) is 27.8. The van der Waals surface area contributed by atoms with Crippen molar-refractivity contribution in [2.24, 2.45) is 0 Å². The number of furan rings is 1. The van der Waals surface area contributed by atoms with Gasteiger partial charge in [-0.15, -0.1) is 34.0 Å². The smallest absolute Gasteiger partial charge is 0.135 e. The Bertz CT molecular complexity index is 9710. The molecular formula is C120H67N3OS3. The maximum atomic E-state index is 6.46. The first-order valence-electron chi connectivity index (χ1n) is 43.6. The summed E-state index contributed by atoms with van der Waals surface area (Å²) in [4.78, 5) is 0. The van der Waals surface area contributed by atoms with E-state index in [1.54, 1.807) is 0 Å². The zero-order valence-corrected chi connectivity index (χ0v) is 70.6. The van der Waals surface area contributed by atoms with Crippen LogP contribution in [0.15, 0.2) is 411 Å². The minimum Gasteiger partial charge on any atom is -0.456 e. The van der Waals surface area contributed by atoms with Crippen LogP contribution < -0.4 is 0 Å². The number of aromatic nitrogens is 3. The van der Waals surface area contributed by atoms with Gasteiger partial charge in [0, 0.05) is 121 Å². The monoisotopic (exact) mass is 1660 g/mol. The van der Waals surface area contributed by atoms with E-state index in [0.29, 0.717) is 0 Å². The minimum atomic E-state index is 0.902. The second-order valence-corrected chi connectivity index (χ2v) is 37.4. The van der Waals surface area contributed by atoms with Crippen LogP contribution in [0, 0.1) is 0 Å². The molecule has 21 aromatic carbocycles. The largest absolute Gasteiger partial charge is 0.456 e. The molecule has 127 heavy (non-hydrogen) atoms. The molecule has 0 saturated heterocycles. The summed E-state index contributed by atoms with van der Waals surface area (Å²) >= 11 is 5.65. The summed E-state index contributed by atoms with van der Waals surface area (Å²) in [6.45, 7) is 0. The summed E-state index contributed by atoms with van der Waals surface area (Å²) in [5.74, 6) is 0. The van der Waals surface area contributed by atoms with Crippen LogP contribution >= 0.6 is 34.0 Å². The minimum absolute atomic E-state index is 0.902. The number of hydrogen-bond acceptors (Lipinski definition) is 4. The van der Waals surface area contributed by atoms with Crippen LogP contribution in [0.4, 0.5) is 0 Å². The standard InChI is InChI=1S/C46H25NOS.C40H23NS.C34H19NS/c1-2-9-30-29(8-1)32-13-7-12-31-28(18-19-33(30)44(31)32)26-16-21-40-36(24-26)37-25-27(17-22-41(37)48-40)47-38-14-5-3-10-34(38)45-39(47)20-23-43-46(45)35-11-4-6-15-42(35)49-43;1-2-11-25-24(10-1)28-15-9-16-29-26(20-21-30(25)38(28)29)27-12-3-6-17-33(27)41-34-18-7-4-13-31(34)39-35(41)22-23-37-40(39)32-14-5-8-19-36(32)42-37;1-3-13-28-25(9-1)33-29(17-18-31-34(33)26-10-2-4-14-30(26)36-31)35(28)21-15-16-22-23-11-5-7-20-8-6-12-24(32(20)23)27(22)19-21/h1-25H;1-23H;1-19H. The predicted molar refractivity (Wildman–Crippen MR) is 545 cm³/mol. The van der Waals surface area contributed by atoms with Crippen LogP contribution in [0.2, 0.25) is 0 Å². The van der Waals surface area contributed by atoms with Crippen molar-refractivity contribution in [3.8, 4) is 106 Å². The van der Waals surface area contributed by atoms with Gasteiger partial charge < -0.3 is 18.1 Å². The number of para-hydroxylation sites is 4. The van der Waals surface area contributed by atoms with Crippen LogP contribution in [-0.2, 0) is 0 Å². The van der Waals surface area contributed by atoms with Gasteiger partial charge in [0.1, 0.15) is 11.2 Å². The van der Waals surface area contributed by atoms with Gasteiger partial charge in [-0.25, -0.2) is 0 Å². The van der Waals surface area contributed by atoms with Gasteiger partial charge >= 0.3 is 0 Å². The molecule has 0 spiro atoms. The first-order valence-corrected chi connectivity index (χ1v) is 46.0. The highest BCUT2D eigenvalue weighted by atomic mass is 32.1. The summed E-state index contributed by atoms with van der Waals surface area (Å²) in [5.41, 5.74) is 33.7. The van der Waals surface area contributed by atoms with Gasteiger partial charge in [0.25, 0.3) is 0 Å². The van der Waals surface area contributed by atoms with Gasteiger partial charge in [0.2, 0.25) is 0 Å². The molecule has 586 valence electrons. The van der Waals surface area contributed by atoms with Crippen molar-refractivity contribution in [2.75, 3.05) is 0 Å². The molecule has 7 aromatic heterocycles. The molecule has 0 radical (unpaired) electrons. The Balaban J connectivity index is 0.0000000957. The first kappa shape index (κ1) is 69.7. The highest BCUT2D eigenvalue weighted by Gasteiger charge is 2.30. The lowest BCUT2D eigenvalue weighted by Gasteiger charge is -2.16. The van der Waals surface area contributed by atoms with Gasteiger partial charge in [-0.1, -0.05) is 285 Å². The third kappa shape index (κ3) is 9.79. The molecule has 0 N–H and O–H groups in total. The number of hydrogen-bond donors (Lipinski definition) is 0. The Morgan fingerprint density at radius 1 is 0.165 bits per heavy atom. The molecule has 0 unspecified atom stereocenters. The maximum absolute atomic E-state index is 6.46. The van der Waals surface area contributed by atoms with E-state index in [2.05, 4.69) is 420 Å². The highest BCUT2D eigenvalue weighted by molar-refractivity contribution is 7.27. The van der Waals surface area contributed by atoms with Gasteiger partial charge in [-0.3, -0.25) is 0 Å². The molecule has 7 heterocycles. The van der Waals surface area contributed by atoms with E-state index >= 15 is 0 Å². The SMILES string of the molecule is c1cc2c3c(cccc3c1)-c1cc(-n3c4ccccc4c4c5c(ccc43)sc3ccccc35)ccc1-2.c1ccc2c(c1)-c1cccc3c(-c4ccc5oc6ccc(-n7c8ccccc8c8c9c(ccc87)sc7ccccc79)cc6c5c4)ccc-2c13.c1ccc2c(c1)-c1cccc3c(-c4ccccc4-n4c5ccccc5c5c6c(ccc54)sc4ccccc46)ccc-2c13. The Labute approximate surface area is 739 Å². The normalized spacial score (nSPS) is 12.4. The predicted octanol–water partition coefficient (Wildman–Crippen LogP) is 35.1. The lowest BCUT2D eigenvalue weighted by atomic mass is 9.93. The van der Waals surface area contributed by atoms with Crippen molar-refractivity contribution >= 4 is 214 Å². The average Bonchev–Trinajstić information content (AvgIpc) is 1.39. The van der Waals surface area contributed by atoms with Crippen molar-refractivity contribution in [3.63, 3.8) is 0 Å². The summed E-state index contributed by atoms with van der Waals surface area (Å²) in [6.07, 6.45) is 0. The fraction of sp³-hybridized carbons (Fsp3) is 0. The molecule has 0 aliphatic heterocycles. The average molecular weight is 1660 g/mol. The lowest BCUT2D eigenvalue weighted by molar-refractivity contribution is 0.669. The van der Waals surface area contributed by atoms with Crippen molar-refractivity contribution < 1.29 is 4.42 Å². The van der Waals surface area contributed by atoms with Gasteiger partial charge in [0.15, 0.2) is 0 Å². The van der Waals surface area contributed by atoms with Gasteiger partial charge in [0.05, 0.1) is 38.8 Å². The number of nitrogens with zero attached hydrogens (tertiary/aromatic N) is 3. The summed E-state index contributed by atoms with van der Waals surface area (Å²) in [6, 6.07) is 150. The number of thiophene rings is 3. The number of rotatable bonds is 5. The second-order valence-electron chi connectivity index (χ2n) is 34.2. The van der Waals surface area contributed by atoms with E-state index in [1.807, 2.05) is 34.0 Å². The van der Waals surface area contributed by atoms with Crippen LogP contribution in [0.1, 0.15) is 0 Å². The molecule has 7 heteroatoms. The Kier molecular flexibility index (Phi) is 14.5. The molecule has 31 rings (SSSR count). The van der Waals surface area contributed by atoms with E-state index in [-0.39, 0.29) is 0 Å². The van der Waals surface area contributed by atoms with Crippen LogP contribution in [0.5, 0.6) is 0 Å². The Hall–Kier alpha value is -15.7. The van der Waals surface area contributed by atoms with E-state index in [4.69, 9.17) is 4.42 Å². The van der Waals surface area contributed by atoms with Crippen molar-refractivity contribution in [1.29, 1.82) is 0 Å². The Morgan fingerprint density at radius 3 is 1.04 bits per heavy atom. The molecule has 0 atom stereocenters. The van der Waals surface area contributed by atoms with Crippen LogP contribution in [-0.4, -0.2) is 13.7 Å². The molecule has 3 aliphatic carbocycles. The van der Waals surface area contributed by atoms with Gasteiger partial charge in [-0.05, 0) is 237 Å². The zero-order chi connectivity index (χ0) is 82.5. The highest BCUT2D eigenvalue weighted by Crippen LogP contribution is 2.56. The summed E-state index contributed by atoms with van der Waals surface area (Å²) < 4.78 is 21.9. The zero-order valence-electron chi connectivity index (χ0n) is 68.2. The van der Waals surface area contributed by atoms with Crippen LogP contribution in [0.3, 0.4) is 0 Å². The molecule has 3 aliphatic rings. The quantitative estimate of drug-likeness (QED) is 0.169. The third-order valence-corrected chi connectivity index (χ3v) is 31.2. The van der Waals surface area contributed by atoms with Crippen molar-refractivity contribution in [2.45, 2.75) is 0 Å². The van der Waals surface area contributed by atoms with Crippen molar-refractivity contribution in [3.05, 3.63) is 406 Å². The van der Waals surface area contributed by atoms with Crippen LogP contribution in [0.25, 0.3) is 286 Å². The topological polar surface area (TPSA) is 27.9 Å². The first-order chi connectivity index (χ1) is 63.0. The van der Waals surface area contributed by atoms with E-state index in [1.165, 1.54) is 259 Å². The molecule has 0 bridgehead atoms. The van der Waals surface area contributed by atoms with E-state index in [0.717, 1.165) is 27.6 Å². The molecule has 28 aromatic rings. The van der Waals surface area contributed by atoms with Gasteiger partial charge in [-0.2, -0.15) is 0 Å². The number of benzene rings is 21. The summed E-state index contributed by atoms with van der Waals surface area (Å²) in [7, 11) is 0. The van der Waals surface area contributed by atoms with E-state index in [9.17, 15) is 0 Å². The fourth-order valence-electron chi connectivity index (χ4n) is 22.6. The molecule has 0 amide bonds. The molecule has 0 fully saturated rings. The number of fused-ring (bicyclic) bond motifs is 33. The van der Waals surface area contributed by atoms with E-state index < -0.39 is 0 Å². The molecule has 4 nitrogen and oxygen atoms in total. The molecular weight excluding hydrogens is 1600 g/mol. The lowest BCUT2D eigenvalue weighted by Crippen LogP contribution is -1.97. The summed E-state index contributed by atoms with van der Waals surface area (Å²) in [5, 5.41) is 26.3. The fourth-order valence-corrected chi connectivity index (χ4v) is 26.0. The van der Waals surface area contributed by atoms with Crippen molar-refractivity contribution in [1.82, 2.24) is 13.7 Å². The second kappa shape index (κ2) is 26.4. The maximum Gasteiger partial charge on any atom is 0.135 e. The molecule has 0 saturated carbocycles.